The lowest BCUT2D eigenvalue weighted by atomic mass is 9.77. The van der Waals surface area contributed by atoms with Crippen LogP contribution in [0.3, 0.4) is 0 Å². The molecular weight excluding hydrogens is 307 g/mol. The van der Waals surface area contributed by atoms with E-state index in [4.69, 9.17) is 4.74 Å². The minimum Gasteiger partial charge on any atom is -0.468 e. The summed E-state index contributed by atoms with van der Waals surface area (Å²) in [4.78, 5) is 23.8. The zero-order valence-electron chi connectivity index (χ0n) is 9.05. The van der Waals surface area contributed by atoms with Gasteiger partial charge in [0.15, 0.2) is 5.78 Å². The molecule has 0 aromatic rings. The molecule has 0 heterocycles. The Kier molecular flexibility index (Phi) is 5.02. The van der Waals surface area contributed by atoms with Crippen molar-refractivity contribution in [1.29, 1.82) is 0 Å². The second kappa shape index (κ2) is 5.82. The summed E-state index contributed by atoms with van der Waals surface area (Å²) in [7, 11) is 1.36. The lowest BCUT2D eigenvalue weighted by Gasteiger charge is -2.29. The highest BCUT2D eigenvalue weighted by molar-refractivity contribution is 14.1. The molecule has 1 saturated carbocycles. The number of hydrogen-bond acceptors (Lipinski definition) is 3. The average Bonchev–Trinajstić information content (AvgIpc) is 2.24. The van der Waals surface area contributed by atoms with Gasteiger partial charge >= 0.3 is 5.97 Å². The molecular formula is C11H17IO3. The Hall–Kier alpha value is -0.130. The summed E-state index contributed by atoms with van der Waals surface area (Å²) in [5.41, 5.74) is -0.851. The fourth-order valence-electron chi connectivity index (χ4n) is 2.05. The molecule has 15 heavy (non-hydrogen) atoms. The molecule has 0 aromatic carbocycles. The standard InChI is InChI=1S/C11H17IO3/c1-15-10(14)11(8-12)7-5-3-2-4-6-9(11)13/h2-8H2,1H3. The fourth-order valence-corrected chi connectivity index (χ4v) is 3.17. The number of hydrogen-bond donors (Lipinski definition) is 0. The van der Waals surface area contributed by atoms with Crippen LogP contribution in [0.15, 0.2) is 0 Å². The van der Waals surface area contributed by atoms with Gasteiger partial charge in [-0.05, 0) is 12.8 Å². The Morgan fingerprint density at radius 2 is 2.07 bits per heavy atom. The minimum absolute atomic E-state index is 0.0726. The number of rotatable bonds is 2. The lowest BCUT2D eigenvalue weighted by molar-refractivity contribution is -0.157. The summed E-state index contributed by atoms with van der Waals surface area (Å²) >= 11 is 2.12. The van der Waals surface area contributed by atoms with E-state index in [2.05, 4.69) is 22.6 Å². The molecule has 1 unspecified atom stereocenters. The van der Waals surface area contributed by atoms with Gasteiger partial charge in [-0.1, -0.05) is 41.9 Å². The molecule has 0 spiro atoms. The first-order valence-corrected chi connectivity index (χ1v) is 6.87. The SMILES string of the molecule is COC(=O)C1(CI)CCCCCCC1=O. The molecule has 0 bridgehead atoms. The van der Waals surface area contributed by atoms with Gasteiger partial charge < -0.3 is 4.74 Å². The molecule has 0 saturated heterocycles. The summed E-state index contributed by atoms with van der Waals surface area (Å²) in [6, 6.07) is 0. The van der Waals surface area contributed by atoms with E-state index in [-0.39, 0.29) is 11.8 Å². The van der Waals surface area contributed by atoms with Gasteiger partial charge in [0.25, 0.3) is 0 Å². The normalized spacial score (nSPS) is 28.0. The van der Waals surface area contributed by atoms with Crippen molar-refractivity contribution in [2.45, 2.75) is 38.5 Å². The number of carbonyl (C=O) groups excluding carboxylic acids is 2. The van der Waals surface area contributed by atoms with Crippen LogP contribution >= 0.6 is 22.6 Å². The molecule has 86 valence electrons. The number of Topliss-reactive ketones (excluding diaryl/α,β-unsaturated/α-hetero) is 1. The number of ketones is 1. The van der Waals surface area contributed by atoms with Gasteiger partial charge in [-0.15, -0.1) is 0 Å². The van der Waals surface area contributed by atoms with Crippen LogP contribution in [-0.2, 0) is 14.3 Å². The Bertz CT molecular complexity index is 252. The van der Waals surface area contributed by atoms with Crippen LogP contribution in [0.4, 0.5) is 0 Å². The maximum absolute atomic E-state index is 12.0. The molecule has 1 rings (SSSR count). The van der Waals surface area contributed by atoms with Crippen molar-refractivity contribution in [3.8, 4) is 0 Å². The van der Waals surface area contributed by atoms with E-state index in [1.807, 2.05) is 0 Å². The van der Waals surface area contributed by atoms with Crippen molar-refractivity contribution < 1.29 is 14.3 Å². The van der Waals surface area contributed by atoms with Crippen LogP contribution in [0, 0.1) is 5.41 Å². The van der Waals surface area contributed by atoms with E-state index < -0.39 is 5.41 Å². The molecule has 1 atom stereocenters. The van der Waals surface area contributed by atoms with E-state index in [1.54, 1.807) is 0 Å². The van der Waals surface area contributed by atoms with Crippen LogP contribution in [0.2, 0.25) is 0 Å². The Balaban J connectivity index is 2.89. The van der Waals surface area contributed by atoms with Crippen LogP contribution in [0.1, 0.15) is 38.5 Å². The van der Waals surface area contributed by atoms with Crippen molar-refractivity contribution in [2.24, 2.45) is 5.41 Å². The largest absolute Gasteiger partial charge is 0.468 e. The highest BCUT2D eigenvalue weighted by Gasteiger charge is 2.45. The molecule has 0 amide bonds. The van der Waals surface area contributed by atoms with E-state index in [9.17, 15) is 9.59 Å². The van der Waals surface area contributed by atoms with Gasteiger partial charge in [0.1, 0.15) is 5.41 Å². The van der Waals surface area contributed by atoms with Gasteiger partial charge in [0.05, 0.1) is 7.11 Å². The van der Waals surface area contributed by atoms with Crippen molar-refractivity contribution in [3.05, 3.63) is 0 Å². The smallest absolute Gasteiger partial charge is 0.320 e. The lowest BCUT2D eigenvalue weighted by Crippen LogP contribution is -2.42. The number of ether oxygens (including phenoxy) is 1. The first kappa shape index (κ1) is 12.9. The number of halogens is 1. The van der Waals surface area contributed by atoms with Crippen LogP contribution < -0.4 is 0 Å². The third-order valence-corrected chi connectivity index (χ3v) is 4.40. The monoisotopic (exact) mass is 324 g/mol. The molecule has 3 nitrogen and oxygen atoms in total. The molecule has 0 aromatic heterocycles. The van der Waals surface area contributed by atoms with Crippen molar-refractivity contribution in [1.82, 2.24) is 0 Å². The van der Waals surface area contributed by atoms with Crippen LogP contribution in [-0.4, -0.2) is 23.3 Å². The molecule has 4 heteroatoms. The molecule has 1 aliphatic carbocycles. The summed E-state index contributed by atoms with van der Waals surface area (Å²) < 4.78 is 5.32. The van der Waals surface area contributed by atoms with Gasteiger partial charge in [-0.2, -0.15) is 0 Å². The fraction of sp³-hybridized carbons (Fsp3) is 0.818. The van der Waals surface area contributed by atoms with Gasteiger partial charge in [0, 0.05) is 10.8 Å². The molecule has 1 fully saturated rings. The minimum atomic E-state index is -0.851. The highest BCUT2D eigenvalue weighted by Crippen LogP contribution is 2.34. The van der Waals surface area contributed by atoms with E-state index in [1.165, 1.54) is 7.11 Å². The molecule has 1 aliphatic rings. The molecule has 0 aliphatic heterocycles. The number of alkyl halides is 1. The molecule has 0 N–H and O–H groups in total. The van der Waals surface area contributed by atoms with Crippen LogP contribution in [0.25, 0.3) is 0 Å². The average molecular weight is 324 g/mol. The summed E-state index contributed by atoms with van der Waals surface area (Å²) in [5.74, 6) is -0.271. The van der Waals surface area contributed by atoms with Crippen LogP contribution in [0.5, 0.6) is 0 Å². The predicted molar refractivity (Wildman–Crippen MR) is 66.0 cm³/mol. The zero-order chi connectivity index (χ0) is 11.3. The molecule has 0 radical (unpaired) electrons. The van der Waals surface area contributed by atoms with Gasteiger partial charge in [0.2, 0.25) is 0 Å². The third-order valence-electron chi connectivity index (χ3n) is 3.10. The quantitative estimate of drug-likeness (QED) is 0.339. The van der Waals surface area contributed by atoms with Crippen molar-refractivity contribution in [3.63, 3.8) is 0 Å². The first-order chi connectivity index (χ1) is 7.17. The first-order valence-electron chi connectivity index (χ1n) is 5.35. The second-order valence-electron chi connectivity index (χ2n) is 4.04. The summed E-state index contributed by atoms with van der Waals surface area (Å²) in [6.07, 6.45) is 5.25. The van der Waals surface area contributed by atoms with E-state index in [0.717, 1.165) is 25.7 Å². The Labute approximate surface area is 104 Å². The maximum Gasteiger partial charge on any atom is 0.320 e. The maximum atomic E-state index is 12.0. The number of carbonyl (C=O) groups is 2. The van der Waals surface area contributed by atoms with Crippen molar-refractivity contribution >= 4 is 34.3 Å². The Morgan fingerprint density at radius 3 is 2.67 bits per heavy atom. The van der Waals surface area contributed by atoms with E-state index >= 15 is 0 Å². The predicted octanol–water partition coefficient (Wildman–Crippen LogP) is 2.50. The number of methoxy groups -OCH3 is 1. The third kappa shape index (κ3) is 2.71. The van der Waals surface area contributed by atoms with Gasteiger partial charge in [-0.3, -0.25) is 9.59 Å². The zero-order valence-corrected chi connectivity index (χ0v) is 11.2. The summed E-state index contributed by atoms with van der Waals surface area (Å²) in [5, 5.41) is 0. The second-order valence-corrected chi connectivity index (χ2v) is 4.81. The summed E-state index contributed by atoms with van der Waals surface area (Å²) in [6.45, 7) is 0. The van der Waals surface area contributed by atoms with Crippen molar-refractivity contribution in [2.75, 3.05) is 11.5 Å². The van der Waals surface area contributed by atoms with E-state index in [0.29, 0.717) is 17.3 Å². The van der Waals surface area contributed by atoms with Gasteiger partial charge in [-0.25, -0.2) is 0 Å². The topological polar surface area (TPSA) is 43.4 Å². The Morgan fingerprint density at radius 1 is 1.40 bits per heavy atom. The highest BCUT2D eigenvalue weighted by atomic mass is 127. The number of esters is 1.